The molecular weight excluding hydrogens is 342 g/mol. The van der Waals surface area contributed by atoms with Crippen molar-refractivity contribution in [3.63, 3.8) is 0 Å². The number of primary amides is 1. The Bertz CT molecular complexity index is 984. The maximum absolute atomic E-state index is 12.1. The van der Waals surface area contributed by atoms with E-state index in [-0.39, 0.29) is 5.78 Å². The monoisotopic (exact) mass is 361 g/mol. The molecule has 0 aliphatic carbocycles. The van der Waals surface area contributed by atoms with Gasteiger partial charge in [-0.3, -0.25) is 9.59 Å². The molecule has 1 atom stereocenters. The average molecular weight is 361 g/mol. The van der Waals surface area contributed by atoms with Gasteiger partial charge in [0.1, 0.15) is 11.5 Å². The van der Waals surface area contributed by atoms with Crippen LogP contribution in [0, 0.1) is 0 Å². The Morgan fingerprint density at radius 3 is 2.07 bits per heavy atom. The quantitative estimate of drug-likeness (QED) is 0.659. The van der Waals surface area contributed by atoms with Crippen LogP contribution in [0.3, 0.4) is 0 Å². The van der Waals surface area contributed by atoms with Gasteiger partial charge in [-0.2, -0.15) is 0 Å². The molecule has 0 bridgehead atoms. The number of carbonyl (C=O) groups is 2. The van der Waals surface area contributed by atoms with Crippen LogP contribution >= 0.6 is 0 Å². The van der Waals surface area contributed by atoms with Crippen molar-refractivity contribution in [2.24, 2.45) is 5.73 Å². The molecular formula is C22H19NO4. The van der Waals surface area contributed by atoms with E-state index in [4.69, 9.17) is 10.5 Å². The fourth-order valence-electron chi connectivity index (χ4n) is 2.83. The highest BCUT2D eigenvalue weighted by molar-refractivity contribution is 5.94. The first-order chi connectivity index (χ1) is 12.9. The molecule has 0 saturated heterocycles. The van der Waals surface area contributed by atoms with Crippen molar-refractivity contribution in [3.05, 3.63) is 95.6 Å². The lowest BCUT2D eigenvalue weighted by atomic mass is 9.85. The highest BCUT2D eigenvalue weighted by Gasteiger charge is 2.38. The molecule has 0 saturated carbocycles. The van der Waals surface area contributed by atoms with E-state index in [1.165, 1.54) is 6.92 Å². The number of hydrogen-bond acceptors (Lipinski definition) is 4. The van der Waals surface area contributed by atoms with Gasteiger partial charge >= 0.3 is 0 Å². The maximum atomic E-state index is 12.1. The molecule has 27 heavy (non-hydrogen) atoms. The minimum absolute atomic E-state index is 0.0682. The Hall–Kier alpha value is -3.44. The van der Waals surface area contributed by atoms with Crippen molar-refractivity contribution in [1.29, 1.82) is 0 Å². The van der Waals surface area contributed by atoms with E-state index < -0.39 is 11.5 Å². The molecule has 0 aliphatic heterocycles. The number of hydrogen-bond donors (Lipinski definition) is 2. The molecule has 136 valence electrons. The van der Waals surface area contributed by atoms with Gasteiger partial charge in [0.05, 0.1) is 0 Å². The van der Waals surface area contributed by atoms with Crippen molar-refractivity contribution in [2.45, 2.75) is 12.5 Å². The highest BCUT2D eigenvalue weighted by atomic mass is 16.5. The lowest BCUT2D eigenvalue weighted by molar-refractivity contribution is -0.133. The standard InChI is InChI=1S/C22H19NO4/c1-15(24)16-7-5-11-19(13-16)27-20-12-6-10-18(14-20)22(26,21(23)25)17-8-3-2-4-9-17/h2-14,26H,1H3,(H2,23,25). The summed E-state index contributed by atoms with van der Waals surface area (Å²) in [7, 11) is 0. The summed E-state index contributed by atoms with van der Waals surface area (Å²) in [6, 6.07) is 21.8. The molecule has 1 amide bonds. The SMILES string of the molecule is CC(=O)c1cccc(Oc2cccc(C(O)(C(N)=O)c3ccccc3)c2)c1. The van der Waals surface area contributed by atoms with Gasteiger partial charge < -0.3 is 15.6 Å². The number of amides is 1. The summed E-state index contributed by atoms with van der Waals surface area (Å²) >= 11 is 0. The lowest BCUT2D eigenvalue weighted by Gasteiger charge is -2.26. The van der Waals surface area contributed by atoms with Crippen LogP contribution in [0.5, 0.6) is 11.5 Å². The molecule has 5 nitrogen and oxygen atoms in total. The molecule has 3 N–H and O–H groups in total. The minimum Gasteiger partial charge on any atom is -0.457 e. The number of Topliss-reactive ketones (excluding diaryl/α,β-unsaturated/α-hetero) is 1. The van der Waals surface area contributed by atoms with Crippen molar-refractivity contribution < 1.29 is 19.4 Å². The van der Waals surface area contributed by atoms with Crippen LogP contribution in [0.15, 0.2) is 78.9 Å². The molecule has 5 heteroatoms. The Balaban J connectivity index is 1.98. The fraction of sp³-hybridized carbons (Fsp3) is 0.0909. The van der Waals surface area contributed by atoms with Crippen LogP contribution < -0.4 is 10.5 Å². The van der Waals surface area contributed by atoms with Gasteiger partial charge in [-0.1, -0.05) is 54.6 Å². The normalized spacial score (nSPS) is 12.8. The van der Waals surface area contributed by atoms with E-state index in [1.807, 2.05) is 0 Å². The van der Waals surface area contributed by atoms with E-state index in [0.717, 1.165) is 0 Å². The largest absolute Gasteiger partial charge is 0.457 e. The topological polar surface area (TPSA) is 89.6 Å². The second-order valence-corrected chi connectivity index (χ2v) is 6.15. The second kappa shape index (κ2) is 7.43. The van der Waals surface area contributed by atoms with Crippen molar-refractivity contribution in [3.8, 4) is 11.5 Å². The number of ether oxygens (including phenoxy) is 1. The number of benzene rings is 3. The summed E-state index contributed by atoms with van der Waals surface area (Å²) in [5, 5.41) is 11.1. The van der Waals surface area contributed by atoms with Gasteiger partial charge in [0.2, 0.25) is 0 Å². The van der Waals surface area contributed by atoms with Crippen LogP contribution in [-0.2, 0) is 10.4 Å². The lowest BCUT2D eigenvalue weighted by Crippen LogP contribution is -2.42. The number of ketones is 1. The average Bonchev–Trinajstić information content (AvgIpc) is 2.68. The van der Waals surface area contributed by atoms with Crippen molar-refractivity contribution in [1.82, 2.24) is 0 Å². The van der Waals surface area contributed by atoms with Crippen LogP contribution in [0.1, 0.15) is 28.4 Å². The predicted octanol–water partition coefficient (Wildman–Crippen LogP) is 3.40. The van der Waals surface area contributed by atoms with Gasteiger partial charge in [-0.25, -0.2) is 0 Å². The van der Waals surface area contributed by atoms with Crippen LogP contribution in [-0.4, -0.2) is 16.8 Å². The zero-order chi connectivity index (χ0) is 19.4. The summed E-state index contributed by atoms with van der Waals surface area (Å²) in [6.07, 6.45) is 0. The Morgan fingerprint density at radius 1 is 0.852 bits per heavy atom. The van der Waals surface area contributed by atoms with E-state index in [1.54, 1.807) is 78.9 Å². The third-order valence-corrected chi connectivity index (χ3v) is 4.28. The fourth-order valence-corrected chi connectivity index (χ4v) is 2.83. The zero-order valence-corrected chi connectivity index (χ0v) is 14.8. The summed E-state index contributed by atoms with van der Waals surface area (Å²) in [5.74, 6) is -0.0724. The molecule has 0 heterocycles. The van der Waals surface area contributed by atoms with Crippen LogP contribution in [0.4, 0.5) is 0 Å². The Kier molecular flexibility index (Phi) is 5.05. The number of nitrogens with two attached hydrogens (primary N) is 1. The molecule has 3 aromatic rings. The van der Waals surface area contributed by atoms with Crippen LogP contribution in [0.25, 0.3) is 0 Å². The van der Waals surface area contributed by atoms with Crippen molar-refractivity contribution >= 4 is 11.7 Å². The van der Waals surface area contributed by atoms with E-state index in [9.17, 15) is 14.7 Å². The van der Waals surface area contributed by atoms with Gasteiger partial charge in [0.15, 0.2) is 11.4 Å². The maximum Gasteiger partial charge on any atom is 0.258 e. The third kappa shape index (κ3) is 3.73. The molecule has 0 aromatic heterocycles. The zero-order valence-electron chi connectivity index (χ0n) is 14.8. The summed E-state index contributed by atoms with van der Waals surface area (Å²) in [6.45, 7) is 1.48. The molecule has 0 aliphatic rings. The van der Waals surface area contributed by atoms with Gasteiger partial charge in [0, 0.05) is 11.1 Å². The van der Waals surface area contributed by atoms with Crippen molar-refractivity contribution in [2.75, 3.05) is 0 Å². The molecule has 3 aromatic carbocycles. The molecule has 0 spiro atoms. The first kappa shape index (κ1) is 18.4. The Morgan fingerprint density at radius 2 is 1.44 bits per heavy atom. The molecule has 0 radical (unpaired) electrons. The number of rotatable bonds is 6. The minimum atomic E-state index is -1.98. The number of carbonyl (C=O) groups excluding carboxylic acids is 2. The first-order valence-electron chi connectivity index (χ1n) is 8.38. The predicted molar refractivity (Wildman–Crippen MR) is 102 cm³/mol. The van der Waals surface area contributed by atoms with E-state index in [0.29, 0.717) is 28.2 Å². The van der Waals surface area contributed by atoms with Crippen LogP contribution in [0.2, 0.25) is 0 Å². The van der Waals surface area contributed by atoms with Gasteiger partial charge in [-0.15, -0.1) is 0 Å². The summed E-state index contributed by atoms with van der Waals surface area (Å²) < 4.78 is 5.81. The van der Waals surface area contributed by atoms with Gasteiger partial charge in [-0.05, 0) is 36.8 Å². The smallest absolute Gasteiger partial charge is 0.258 e. The van der Waals surface area contributed by atoms with Gasteiger partial charge in [0.25, 0.3) is 5.91 Å². The molecule has 0 fully saturated rings. The second-order valence-electron chi connectivity index (χ2n) is 6.15. The first-order valence-corrected chi connectivity index (χ1v) is 8.38. The third-order valence-electron chi connectivity index (χ3n) is 4.28. The van der Waals surface area contributed by atoms with E-state index >= 15 is 0 Å². The molecule has 1 unspecified atom stereocenters. The highest BCUT2D eigenvalue weighted by Crippen LogP contribution is 2.33. The number of aliphatic hydroxyl groups is 1. The van der Waals surface area contributed by atoms with E-state index in [2.05, 4.69) is 0 Å². The summed E-state index contributed by atoms with van der Waals surface area (Å²) in [4.78, 5) is 23.6. The molecule has 3 rings (SSSR count). The summed E-state index contributed by atoms with van der Waals surface area (Å²) in [5.41, 5.74) is 4.73. The Labute approximate surface area is 157 Å².